The van der Waals surface area contributed by atoms with Gasteiger partial charge in [-0.1, -0.05) is 24.3 Å². The minimum atomic E-state index is -0.106. The molecule has 27 heavy (non-hydrogen) atoms. The molecule has 0 N–H and O–H groups in total. The average molecular weight is 368 g/mol. The number of Topliss-reactive ketones (excluding diaryl/α,β-unsaturated/α-hetero) is 1. The number of esters is 1. The Morgan fingerprint density at radius 1 is 0.741 bits per heavy atom. The highest BCUT2D eigenvalue weighted by Crippen LogP contribution is 2.34. The zero-order chi connectivity index (χ0) is 19.2. The number of ketones is 1. The maximum Gasteiger partial charge on any atom is 0.306 e. The lowest BCUT2D eigenvalue weighted by Gasteiger charge is -2.24. The van der Waals surface area contributed by atoms with E-state index in [0.717, 1.165) is 17.1 Å². The fourth-order valence-corrected chi connectivity index (χ4v) is 3.20. The minimum Gasteiger partial charge on any atom is -0.497 e. The second-order valence-electron chi connectivity index (χ2n) is 6.77. The molecule has 1 saturated heterocycles. The summed E-state index contributed by atoms with van der Waals surface area (Å²) in [5, 5.41) is 0. The summed E-state index contributed by atoms with van der Waals surface area (Å²) in [6, 6.07) is 15.7. The van der Waals surface area contributed by atoms with E-state index in [1.165, 1.54) is 5.56 Å². The van der Waals surface area contributed by atoms with Gasteiger partial charge in [0.05, 0.1) is 27.2 Å². The van der Waals surface area contributed by atoms with E-state index in [4.69, 9.17) is 14.2 Å². The van der Waals surface area contributed by atoms with Crippen LogP contribution in [0.5, 0.6) is 11.5 Å². The molecule has 142 valence electrons. The zero-order valence-electron chi connectivity index (χ0n) is 15.6. The second kappa shape index (κ2) is 8.71. The molecule has 2 aliphatic rings. The summed E-state index contributed by atoms with van der Waals surface area (Å²) < 4.78 is 15.0. The smallest absolute Gasteiger partial charge is 0.306 e. The lowest BCUT2D eigenvalue weighted by molar-refractivity contribution is -0.138. The SMILES string of the molecule is COc1ccc(C2CC(=O)C2)cc1.COc1ccc(C2COC(=O)C2)cc1. The highest BCUT2D eigenvalue weighted by atomic mass is 16.5. The maximum atomic E-state index is 10.9. The summed E-state index contributed by atoms with van der Waals surface area (Å²) in [6.07, 6.45) is 1.92. The van der Waals surface area contributed by atoms with E-state index in [1.54, 1.807) is 14.2 Å². The van der Waals surface area contributed by atoms with Gasteiger partial charge in [0, 0.05) is 18.8 Å². The van der Waals surface area contributed by atoms with E-state index >= 15 is 0 Å². The molecule has 0 bridgehead atoms. The first kappa shape index (κ1) is 19.0. The number of ether oxygens (including phenoxy) is 3. The van der Waals surface area contributed by atoms with Crippen LogP contribution in [-0.4, -0.2) is 32.6 Å². The van der Waals surface area contributed by atoms with Crippen molar-refractivity contribution in [1.29, 1.82) is 0 Å². The summed E-state index contributed by atoms with van der Waals surface area (Å²) in [6.45, 7) is 0.505. The molecule has 1 heterocycles. The summed E-state index contributed by atoms with van der Waals surface area (Å²) in [5.74, 6) is 2.65. The maximum absolute atomic E-state index is 10.9. The molecule has 1 atom stereocenters. The molecule has 4 rings (SSSR count). The van der Waals surface area contributed by atoms with Crippen LogP contribution in [0.15, 0.2) is 48.5 Å². The first-order valence-corrected chi connectivity index (χ1v) is 9.04. The molecule has 2 aromatic rings. The highest BCUT2D eigenvalue weighted by molar-refractivity contribution is 5.86. The monoisotopic (exact) mass is 368 g/mol. The van der Waals surface area contributed by atoms with Gasteiger partial charge in [0.25, 0.3) is 0 Å². The quantitative estimate of drug-likeness (QED) is 0.767. The number of hydrogen-bond donors (Lipinski definition) is 0. The molecule has 5 nitrogen and oxygen atoms in total. The standard InChI is InChI=1S/C11H12O3.C11H12O2/c1-13-10-4-2-8(3-5-10)9-6-11(12)14-7-9;1-13-11-4-2-8(3-5-11)9-6-10(12)7-9/h2-5,9H,6-7H2,1H3;2-5,9H,6-7H2,1H3. The van der Waals surface area contributed by atoms with Gasteiger partial charge in [-0.2, -0.15) is 0 Å². The molecular weight excluding hydrogens is 344 g/mol. The molecular formula is C22H24O5. The van der Waals surface area contributed by atoms with Gasteiger partial charge in [-0.15, -0.1) is 0 Å². The van der Waals surface area contributed by atoms with Crippen LogP contribution in [0.4, 0.5) is 0 Å². The number of hydrogen-bond acceptors (Lipinski definition) is 5. The van der Waals surface area contributed by atoms with Crippen LogP contribution in [0.25, 0.3) is 0 Å². The predicted molar refractivity (Wildman–Crippen MR) is 101 cm³/mol. The lowest BCUT2D eigenvalue weighted by atomic mass is 9.79. The molecule has 1 saturated carbocycles. The topological polar surface area (TPSA) is 61.8 Å². The van der Waals surface area contributed by atoms with Crippen molar-refractivity contribution in [2.75, 3.05) is 20.8 Å². The van der Waals surface area contributed by atoms with Crippen molar-refractivity contribution in [3.63, 3.8) is 0 Å². The predicted octanol–water partition coefficient (Wildman–Crippen LogP) is 3.87. The van der Waals surface area contributed by atoms with E-state index in [1.807, 2.05) is 48.5 Å². The molecule has 1 aliphatic carbocycles. The Labute approximate surface area is 159 Å². The Morgan fingerprint density at radius 3 is 1.59 bits per heavy atom. The number of rotatable bonds is 4. The number of carbonyl (C=O) groups is 2. The second-order valence-corrected chi connectivity index (χ2v) is 6.77. The Balaban J connectivity index is 0.000000156. The summed E-state index contributed by atoms with van der Waals surface area (Å²) >= 11 is 0. The molecule has 0 aromatic heterocycles. The Kier molecular flexibility index (Phi) is 6.12. The number of methoxy groups -OCH3 is 2. The molecule has 1 aliphatic heterocycles. The summed E-state index contributed by atoms with van der Waals surface area (Å²) in [4.78, 5) is 21.7. The van der Waals surface area contributed by atoms with Crippen molar-refractivity contribution >= 4 is 11.8 Å². The van der Waals surface area contributed by atoms with E-state index in [-0.39, 0.29) is 11.9 Å². The van der Waals surface area contributed by atoms with Crippen molar-refractivity contribution in [2.24, 2.45) is 0 Å². The van der Waals surface area contributed by atoms with Crippen LogP contribution in [0.3, 0.4) is 0 Å². The van der Waals surface area contributed by atoms with Gasteiger partial charge in [-0.05, 0) is 41.3 Å². The fourth-order valence-electron chi connectivity index (χ4n) is 3.20. The largest absolute Gasteiger partial charge is 0.497 e. The third-order valence-electron chi connectivity index (χ3n) is 4.98. The van der Waals surface area contributed by atoms with E-state index in [2.05, 4.69) is 0 Å². The normalized spacial score (nSPS) is 18.8. The highest BCUT2D eigenvalue weighted by Gasteiger charge is 2.27. The van der Waals surface area contributed by atoms with E-state index < -0.39 is 0 Å². The molecule has 1 unspecified atom stereocenters. The third kappa shape index (κ3) is 4.88. The van der Waals surface area contributed by atoms with E-state index in [0.29, 0.717) is 37.6 Å². The van der Waals surface area contributed by atoms with Gasteiger partial charge in [0.1, 0.15) is 17.3 Å². The van der Waals surface area contributed by atoms with Gasteiger partial charge < -0.3 is 14.2 Å². The van der Waals surface area contributed by atoms with Gasteiger partial charge in [-0.3, -0.25) is 9.59 Å². The molecule has 0 radical (unpaired) electrons. The van der Waals surface area contributed by atoms with Crippen molar-refractivity contribution in [1.82, 2.24) is 0 Å². The van der Waals surface area contributed by atoms with Gasteiger partial charge in [0.15, 0.2) is 0 Å². The molecule has 2 aromatic carbocycles. The Bertz CT molecular complexity index is 771. The summed E-state index contributed by atoms with van der Waals surface area (Å²) in [5.41, 5.74) is 2.39. The van der Waals surface area contributed by atoms with Crippen LogP contribution in [0.2, 0.25) is 0 Å². The van der Waals surface area contributed by atoms with Crippen molar-refractivity contribution in [3.8, 4) is 11.5 Å². The molecule has 5 heteroatoms. The van der Waals surface area contributed by atoms with Crippen LogP contribution < -0.4 is 9.47 Å². The van der Waals surface area contributed by atoms with Gasteiger partial charge >= 0.3 is 5.97 Å². The van der Waals surface area contributed by atoms with E-state index in [9.17, 15) is 9.59 Å². The molecule has 2 fully saturated rings. The van der Waals surface area contributed by atoms with Crippen LogP contribution in [0.1, 0.15) is 42.2 Å². The number of benzene rings is 2. The summed E-state index contributed by atoms with van der Waals surface area (Å²) in [7, 11) is 3.29. The number of cyclic esters (lactones) is 1. The van der Waals surface area contributed by atoms with Crippen LogP contribution in [0, 0.1) is 0 Å². The van der Waals surface area contributed by atoms with Gasteiger partial charge in [-0.25, -0.2) is 0 Å². The lowest BCUT2D eigenvalue weighted by Crippen LogP contribution is -2.20. The zero-order valence-corrected chi connectivity index (χ0v) is 15.6. The van der Waals surface area contributed by atoms with Gasteiger partial charge in [0.2, 0.25) is 0 Å². The minimum absolute atomic E-state index is 0.106. The van der Waals surface area contributed by atoms with Crippen molar-refractivity contribution < 1.29 is 23.8 Å². The number of carbonyl (C=O) groups excluding carboxylic acids is 2. The Morgan fingerprint density at radius 2 is 1.22 bits per heavy atom. The molecule has 0 spiro atoms. The van der Waals surface area contributed by atoms with Crippen LogP contribution >= 0.6 is 0 Å². The average Bonchev–Trinajstić information content (AvgIpc) is 3.12. The molecule has 0 amide bonds. The first-order chi connectivity index (χ1) is 13.1. The Hall–Kier alpha value is -2.82. The fraction of sp³-hybridized carbons (Fsp3) is 0.364. The third-order valence-corrected chi connectivity index (χ3v) is 4.98. The first-order valence-electron chi connectivity index (χ1n) is 9.04. The van der Waals surface area contributed by atoms with Crippen molar-refractivity contribution in [2.45, 2.75) is 31.1 Å². The van der Waals surface area contributed by atoms with Crippen molar-refractivity contribution in [3.05, 3.63) is 59.7 Å². The van der Waals surface area contributed by atoms with Crippen LogP contribution in [-0.2, 0) is 14.3 Å².